The number of carboxylic acid groups (broad SMARTS) is 1. The number of aromatic carboxylic acids is 1. The van der Waals surface area contributed by atoms with E-state index in [2.05, 4.69) is 0 Å². The van der Waals surface area contributed by atoms with Crippen molar-refractivity contribution in [2.45, 2.75) is 20.1 Å². The van der Waals surface area contributed by atoms with Crippen LogP contribution in [0.15, 0.2) is 97.1 Å². The van der Waals surface area contributed by atoms with Crippen molar-refractivity contribution in [2.24, 2.45) is 0 Å². The molecule has 6 heteroatoms. The van der Waals surface area contributed by atoms with Gasteiger partial charge in [0.2, 0.25) is 0 Å². The Morgan fingerprint density at radius 2 is 0.921 bits per heavy atom. The summed E-state index contributed by atoms with van der Waals surface area (Å²) in [5, 5.41) is 8.83. The Labute approximate surface area is 223 Å². The molecule has 0 aliphatic heterocycles. The normalized spacial score (nSPS) is 10.3. The summed E-state index contributed by atoms with van der Waals surface area (Å²) >= 11 is 0. The lowest BCUT2D eigenvalue weighted by Gasteiger charge is -2.06. The highest BCUT2D eigenvalue weighted by molar-refractivity contribution is 5.90. The van der Waals surface area contributed by atoms with Gasteiger partial charge in [-0.3, -0.25) is 0 Å². The molecule has 4 aromatic carbocycles. The van der Waals surface area contributed by atoms with Crippen molar-refractivity contribution in [1.29, 1.82) is 0 Å². The van der Waals surface area contributed by atoms with Crippen LogP contribution < -0.4 is 0 Å². The van der Waals surface area contributed by atoms with Crippen molar-refractivity contribution in [3.8, 4) is 22.3 Å². The lowest BCUT2D eigenvalue weighted by molar-refractivity contribution is 0.0526. The third-order valence-corrected chi connectivity index (χ3v) is 5.72. The van der Waals surface area contributed by atoms with Gasteiger partial charge >= 0.3 is 11.9 Å². The smallest absolute Gasteiger partial charge is 0.338 e. The molecule has 0 atom stereocenters. The first kappa shape index (κ1) is 28.3. The molecule has 38 heavy (non-hydrogen) atoms. The fourth-order valence-corrected chi connectivity index (χ4v) is 3.74. The van der Waals surface area contributed by atoms with E-state index in [4.69, 9.17) is 19.3 Å². The number of hydrogen-bond acceptors (Lipinski definition) is 5. The van der Waals surface area contributed by atoms with Gasteiger partial charge in [-0.15, -0.1) is 0 Å². The molecule has 0 spiro atoms. The van der Waals surface area contributed by atoms with E-state index < -0.39 is 5.97 Å². The molecule has 196 valence electrons. The van der Waals surface area contributed by atoms with Crippen LogP contribution >= 0.6 is 0 Å². The number of methoxy groups -OCH3 is 2. The third kappa shape index (κ3) is 8.13. The Morgan fingerprint density at radius 3 is 1.24 bits per heavy atom. The van der Waals surface area contributed by atoms with E-state index in [1.807, 2.05) is 72.8 Å². The molecule has 0 bridgehead atoms. The summed E-state index contributed by atoms with van der Waals surface area (Å²) in [6, 6.07) is 30.5. The van der Waals surface area contributed by atoms with Crippen LogP contribution in [0.2, 0.25) is 0 Å². The molecule has 4 rings (SSSR count). The van der Waals surface area contributed by atoms with Crippen molar-refractivity contribution in [1.82, 2.24) is 0 Å². The number of rotatable bonds is 9. The summed E-state index contributed by atoms with van der Waals surface area (Å²) < 4.78 is 15.1. The molecule has 0 saturated heterocycles. The predicted molar refractivity (Wildman–Crippen MR) is 148 cm³/mol. The van der Waals surface area contributed by atoms with Gasteiger partial charge < -0.3 is 19.3 Å². The Morgan fingerprint density at radius 1 is 0.579 bits per heavy atom. The topological polar surface area (TPSA) is 82.1 Å². The van der Waals surface area contributed by atoms with Crippen molar-refractivity contribution < 1.29 is 28.9 Å². The molecule has 0 heterocycles. The van der Waals surface area contributed by atoms with Crippen molar-refractivity contribution >= 4 is 11.9 Å². The van der Waals surface area contributed by atoms with Crippen molar-refractivity contribution in [2.75, 3.05) is 20.8 Å². The van der Waals surface area contributed by atoms with Crippen LogP contribution in [-0.2, 0) is 27.4 Å². The van der Waals surface area contributed by atoms with E-state index in [9.17, 15) is 9.59 Å². The highest BCUT2D eigenvalue weighted by Crippen LogP contribution is 2.22. The molecular weight excluding hydrogens is 480 g/mol. The molecule has 0 unspecified atom stereocenters. The summed E-state index contributed by atoms with van der Waals surface area (Å²) in [6.07, 6.45) is 0. The number of hydrogen-bond donors (Lipinski definition) is 1. The average molecular weight is 513 g/mol. The monoisotopic (exact) mass is 512 g/mol. The van der Waals surface area contributed by atoms with Crippen LogP contribution in [0.3, 0.4) is 0 Å². The van der Waals surface area contributed by atoms with Gasteiger partial charge in [0.1, 0.15) is 0 Å². The fourth-order valence-electron chi connectivity index (χ4n) is 3.74. The largest absolute Gasteiger partial charge is 0.478 e. The highest BCUT2D eigenvalue weighted by atomic mass is 16.5. The van der Waals surface area contributed by atoms with E-state index in [0.717, 1.165) is 33.4 Å². The van der Waals surface area contributed by atoms with Gasteiger partial charge in [0.15, 0.2) is 0 Å². The minimum absolute atomic E-state index is 0.283. The Balaban J connectivity index is 0.000000212. The first-order valence-electron chi connectivity index (χ1n) is 12.2. The van der Waals surface area contributed by atoms with Crippen molar-refractivity contribution in [3.05, 3.63) is 119 Å². The van der Waals surface area contributed by atoms with Gasteiger partial charge in [0.25, 0.3) is 0 Å². The second-order valence-corrected chi connectivity index (χ2v) is 8.44. The number of ether oxygens (including phenoxy) is 3. The van der Waals surface area contributed by atoms with E-state index in [-0.39, 0.29) is 5.97 Å². The van der Waals surface area contributed by atoms with Gasteiger partial charge in [0.05, 0.1) is 30.9 Å². The summed E-state index contributed by atoms with van der Waals surface area (Å²) in [7, 11) is 3.35. The molecular formula is C32H32O6. The number of carboxylic acids is 1. The maximum atomic E-state index is 11.6. The zero-order valence-electron chi connectivity index (χ0n) is 21.8. The van der Waals surface area contributed by atoms with E-state index >= 15 is 0 Å². The zero-order valence-corrected chi connectivity index (χ0v) is 21.8. The Hall–Kier alpha value is -4.26. The molecule has 0 radical (unpaired) electrons. The SMILES string of the molecule is CCOC(=O)c1ccc(-c2ccc(COC)cc2)cc1.COCc1ccc(-c2ccc(C(=O)O)cc2)cc1. The molecule has 0 fully saturated rings. The number of carbonyl (C=O) groups excluding carboxylic acids is 1. The van der Waals surface area contributed by atoms with Gasteiger partial charge in [-0.1, -0.05) is 72.8 Å². The first-order valence-corrected chi connectivity index (χ1v) is 12.2. The van der Waals surface area contributed by atoms with Gasteiger partial charge in [-0.2, -0.15) is 0 Å². The van der Waals surface area contributed by atoms with Crippen LogP contribution in [0.25, 0.3) is 22.3 Å². The predicted octanol–water partition coefficient (Wildman–Crippen LogP) is 6.87. The van der Waals surface area contributed by atoms with Crippen LogP contribution in [0, 0.1) is 0 Å². The van der Waals surface area contributed by atoms with Crippen LogP contribution in [0.5, 0.6) is 0 Å². The quantitative estimate of drug-likeness (QED) is 0.246. The maximum Gasteiger partial charge on any atom is 0.338 e. The number of benzene rings is 4. The second kappa shape index (κ2) is 14.5. The van der Waals surface area contributed by atoms with Crippen LogP contribution in [-0.4, -0.2) is 37.9 Å². The second-order valence-electron chi connectivity index (χ2n) is 8.44. The molecule has 0 saturated carbocycles. The van der Waals surface area contributed by atoms with Crippen LogP contribution in [0.1, 0.15) is 38.8 Å². The Bertz CT molecular complexity index is 1290. The van der Waals surface area contributed by atoms with Gasteiger partial charge in [0, 0.05) is 14.2 Å². The molecule has 0 aliphatic carbocycles. The Kier molecular flexibility index (Phi) is 10.8. The highest BCUT2D eigenvalue weighted by Gasteiger charge is 2.06. The van der Waals surface area contributed by atoms with Gasteiger partial charge in [-0.25, -0.2) is 9.59 Å². The third-order valence-electron chi connectivity index (χ3n) is 5.72. The first-order chi connectivity index (χ1) is 18.4. The maximum absolute atomic E-state index is 11.6. The summed E-state index contributed by atoms with van der Waals surface area (Å²) in [4.78, 5) is 22.3. The van der Waals surface area contributed by atoms with E-state index in [0.29, 0.717) is 30.9 Å². The van der Waals surface area contributed by atoms with E-state index in [1.165, 1.54) is 0 Å². The van der Waals surface area contributed by atoms with Gasteiger partial charge in [-0.05, 0) is 64.6 Å². The average Bonchev–Trinajstić information content (AvgIpc) is 2.95. The molecule has 6 nitrogen and oxygen atoms in total. The standard InChI is InChI=1S/C17H18O3.C15H14O3/c1-3-20-17(18)16-10-8-15(9-11-16)14-6-4-13(5-7-14)12-19-2;1-18-10-11-2-4-12(5-3-11)13-6-8-14(9-7-13)15(16)17/h4-11H,3,12H2,1-2H3;2-9H,10H2,1H3,(H,16,17). The number of esters is 1. The lowest BCUT2D eigenvalue weighted by Crippen LogP contribution is -2.03. The molecule has 4 aromatic rings. The summed E-state index contributed by atoms with van der Waals surface area (Å²) in [5.41, 5.74) is 7.38. The molecule has 1 N–H and O–H groups in total. The molecule has 0 aliphatic rings. The minimum atomic E-state index is -0.906. The van der Waals surface area contributed by atoms with Crippen LogP contribution in [0.4, 0.5) is 0 Å². The lowest BCUT2D eigenvalue weighted by atomic mass is 10.0. The minimum Gasteiger partial charge on any atom is -0.478 e. The molecule has 0 aromatic heterocycles. The number of carbonyl (C=O) groups is 2. The molecule has 0 amide bonds. The zero-order chi connectivity index (χ0) is 27.3. The van der Waals surface area contributed by atoms with Crippen molar-refractivity contribution in [3.63, 3.8) is 0 Å². The summed E-state index contributed by atoms with van der Waals surface area (Å²) in [6.45, 7) is 3.40. The fraction of sp³-hybridized carbons (Fsp3) is 0.188. The van der Waals surface area contributed by atoms with E-state index in [1.54, 1.807) is 45.4 Å². The summed E-state index contributed by atoms with van der Waals surface area (Å²) in [5.74, 6) is -1.19.